The van der Waals surface area contributed by atoms with Crippen molar-refractivity contribution in [1.29, 1.82) is 0 Å². The highest BCUT2D eigenvalue weighted by Crippen LogP contribution is 2.31. The summed E-state index contributed by atoms with van der Waals surface area (Å²) in [5.74, 6) is -0.384. The number of nitrogens with zero attached hydrogens (tertiary/aromatic N) is 1. The van der Waals surface area contributed by atoms with Gasteiger partial charge in [0.1, 0.15) is 11.6 Å². The lowest BCUT2D eigenvalue weighted by Crippen LogP contribution is -2.40. The molecule has 18 heavy (non-hydrogen) atoms. The molecular formula is C15H24FNO. The molecule has 0 bridgehead atoms. The van der Waals surface area contributed by atoms with Gasteiger partial charge in [-0.05, 0) is 32.4 Å². The number of rotatable bonds is 3. The molecule has 0 aromatic heterocycles. The van der Waals surface area contributed by atoms with Crippen LogP contribution in [0.3, 0.4) is 0 Å². The summed E-state index contributed by atoms with van der Waals surface area (Å²) < 4.78 is 13.8. The van der Waals surface area contributed by atoms with Crippen LogP contribution in [0.25, 0.3) is 0 Å². The maximum atomic E-state index is 13.8. The number of aromatic hydroxyl groups is 1. The Bertz CT molecular complexity index is 411. The lowest BCUT2D eigenvalue weighted by Gasteiger charge is -2.39. The summed E-state index contributed by atoms with van der Waals surface area (Å²) in [5, 5.41) is 9.24. The van der Waals surface area contributed by atoms with Gasteiger partial charge >= 0.3 is 0 Å². The second-order valence-corrected chi connectivity index (χ2v) is 6.09. The normalized spacial score (nSPS) is 15.8. The van der Waals surface area contributed by atoms with Crippen LogP contribution in [-0.4, -0.2) is 23.1 Å². The number of hydrogen-bond acceptors (Lipinski definition) is 2. The van der Waals surface area contributed by atoms with Gasteiger partial charge in [0.2, 0.25) is 0 Å². The molecule has 2 unspecified atom stereocenters. The van der Waals surface area contributed by atoms with E-state index in [4.69, 9.17) is 0 Å². The van der Waals surface area contributed by atoms with Gasteiger partial charge in [-0.15, -0.1) is 0 Å². The zero-order chi connectivity index (χ0) is 14.1. The van der Waals surface area contributed by atoms with Gasteiger partial charge in [-0.1, -0.05) is 26.8 Å². The van der Waals surface area contributed by atoms with Crippen molar-refractivity contribution < 1.29 is 9.50 Å². The minimum absolute atomic E-state index is 0.0279. The van der Waals surface area contributed by atoms with E-state index in [9.17, 15) is 9.50 Å². The summed E-state index contributed by atoms with van der Waals surface area (Å²) in [6.45, 7) is 10.7. The average Bonchev–Trinajstić information content (AvgIpc) is 2.25. The van der Waals surface area contributed by atoms with Crippen LogP contribution in [0.4, 0.5) is 4.39 Å². The fraction of sp³-hybridized carbons (Fsp3) is 0.600. The summed E-state index contributed by atoms with van der Waals surface area (Å²) in [7, 11) is 2.01. The third-order valence-corrected chi connectivity index (χ3v) is 3.91. The van der Waals surface area contributed by atoms with Crippen LogP contribution >= 0.6 is 0 Å². The van der Waals surface area contributed by atoms with Crippen LogP contribution in [0, 0.1) is 11.2 Å². The van der Waals surface area contributed by atoms with Gasteiger partial charge < -0.3 is 5.11 Å². The molecule has 0 aliphatic rings. The van der Waals surface area contributed by atoms with Gasteiger partial charge in [0, 0.05) is 23.7 Å². The van der Waals surface area contributed by atoms with E-state index < -0.39 is 0 Å². The molecule has 1 aromatic carbocycles. The quantitative estimate of drug-likeness (QED) is 0.881. The van der Waals surface area contributed by atoms with Gasteiger partial charge in [0.15, 0.2) is 0 Å². The molecule has 3 heteroatoms. The molecule has 0 heterocycles. The molecule has 0 fully saturated rings. The van der Waals surface area contributed by atoms with Crippen molar-refractivity contribution in [3.05, 3.63) is 29.6 Å². The van der Waals surface area contributed by atoms with E-state index in [0.717, 1.165) is 0 Å². The van der Waals surface area contributed by atoms with Crippen LogP contribution in [-0.2, 0) is 0 Å². The zero-order valence-electron chi connectivity index (χ0n) is 12.2. The topological polar surface area (TPSA) is 23.5 Å². The Kier molecular flexibility index (Phi) is 4.38. The van der Waals surface area contributed by atoms with E-state index in [1.54, 1.807) is 6.07 Å². The smallest absolute Gasteiger partial charge is 0.131 e. The third kappa shape index (κ3) is 3.22. The first-order valence-electron chi connectivity index (χ1n) is 6.35. The Morgan fingerprint density at radius 1 is 1.22 bits per heavy atom. The van der Waals surface area contributed by atoms with E-state index in [1.165, 1.54) is 12.1 Å². The summed E-state index contributed by atoms with van der Waals surface area (Å²) in [4.78, 5) is 2.16. The standard InChI is InChI=1S/C15H24FNO/c1-10(17(6)11(2)15(3,4)5)13-8-7-12(18)9-14(13)16/h7-11,18H,1-6H3. The summed E-state index contributed by atoms with van der Waals surface area (Å²) in [6, 6.07) is 4.65. The molecule has 2 nitrogen and oxygen atoms in total. The highest BCUT2D eigenvalue weighted by molar-refractivity contribution is 5.29. The number of phenolic OH excluding ortho intramolecular Hbond substituents is 1. The van der Waals surface area contributed by atoms with Crippen molar-refractivity contribution in [2.45, 2.75) is 46.7 Å². The van der Waals surface area contributed by atoms with Crippen molar-refractivity contribution in [3.8, 4) is 5.75 Å². The van der Waals surface area contributed by atoms with Crippen LogP contribution in [0.1, 0.15) is 46.2 Å². The van der Waals surface area contributed by atoms with Gasteiger partial charge in [0.05, 0.1) is 0 Å². The molecule has 0 saturated carbocycles. The first-order chi connectivity index (χ1) is 8.14. The van der Waals surface area contributed by atoms with Gasteiger partial charge in [-0.25, -0.2) is 4.39 Å². The Balaban J connectivity index is 2.96. The summed E-state index contributed by atoms with van der Waals surface area (Å²) in [6.07, 6.45) is 0. The molecule has 0 radical (unpaired) electrons. The van der Waals surface area contributed by atoms with E-state index in [2.05, 4.69) is 32.6 Å². The predicted molar refractivity (Wildman–Crippen MR) is 73.2 cm³/mol. The first kappa shape index (κ1) is 15.0. The highest BCUT2D eigenvalue weighted by atomic mass is 19.1. The van der Waals surface area contributed by atoms with E-state index in [0.29, 0.717) is 11.6 Å². The number of hydrogen-bond donors (Lipinski definition) is 1. The average molecular weight is 253 g/mol. The maximum absolute atomic E-state index is 13.8. The molecule has 1 rings (SSSR count). The monoisotopic (exact) mass is 253 g/mol. The van der Waals surface area contributed by atoms with Crippen molar-refractivity contribution >= 4 is 0 Å². The van der Waals surface area contributed by atoms with Crippen molar-refractivity contribution in [2.24, 2.45) is 5.41 Å². The van der Waals surface area contributed by atoms with Crippen molar-refractivity contribution in [3.63, 3.8) is 0 Å². The molecule has 0 saturated heterocycles. The van der Waals surface area contributed by atoms with Gasteiger partial charge in [-0.3, -0.25) is 4.90 Å². The van der Waals surface area contributed by atoms with Crippen LogP contribution in [0.5, 0.6) is 5.75 Å². The summed E-state index contributed by atoms with van der Waals surface area (Å²) >= 11 is 0. The van der Waals surface area contributed by atoms with E-state index in [1.807, 2.05) is 14.0 Å². The van der Waals surface area contributed by atoms with E-state index >= 15 is 0 Å². The largest absolute Gasteiger partial charge is 0.508 e. The molecule has 0 aliphatic heterocycles. The molecule has 102 valence electrons. The van der Waals surface area contributed by atoms with Crippen molar-refractivity contribution in [1.82, 2.24) is 4.90 Å². The molecule has 0 amide bonds. The Hall–Kier alpha value is -1.09. The Morgan fingerprint density at radius 3 is 2.22 bits per heavy atom. The first-order valence-corrected chi connectivity index (χ1v) is 6.35. The molecule has 0 spiro atoms. The molecular weight excluding hydrogens is 229 g/mol. The highest BCUT2D eigenvalue weighted by Gasteiger charge is 2.28. The Morgan fingerprint density at radius 2 is 1.78 bits per heavy atom. The molecule has 0 aliphatic carbocycles. The predicted octanol–water partition coefficient (Wildman–Crippen LogP) is 3.96. The molecule has 2 atom stereocenters. The molecule has 1 N–H and O–H groups in total. The van der Waals surface area contributed by atoms with Crippen LogP contribution in [0.2, 0.25) is 0 Å². The molecule has 1 aromatic rings. The number of benzene rings is 1. The number of phenols is 1. The van der Waals surface area contributed by atoms with Crippen LogP contribution < -0.4 is 0 Å². The minimum Gasteiger partial charge on any atom is -0.508 e. The SMILES string of the molecule is CC(c1ccc(O)cc1F)N(C)C(C)C(C)(C)C. The number of halogens is 1. The van der Waals surface area contributed by atoms with Crippen molar-refractivity contribution in [2.75, 3.05) is 7.05 Å². The maximum Gasteiger partial charge on any atom is 0.131 e. The lowest BCUT2D eigenvalue weighted by atomic mass is 9.86. The van der Waals surface area contributed by atoms with Gasteiger partial charge in [-0.2, -0.15) is 0 Å². The Labute approximate surface area is 109 Å². The lowest BCUT2D eigenvalue weighted by molar-refractivity contribution is 0.103. The van der Waals surface area contributed by atoms with Crippen LogP contribution in [0.15, 0.2) is 18.2 Å². The fourth-order valence-electron chi connectivity index (χ4n) is 2.02. The minimum atomic E-state index is -0.351. The second-order valence-electron chi connectivity index (χ2n) is 6.09. The summed E-state index contributed by atoms with van der Waals surface area (Å²) in [5.41, 5.74) is 0.752. The second kappa shape index (κ2) is 5.27. The fourth-order valence-corrected chi connectivity index (χ4v) is 2.02. The van der Waals surface area contributed by atoms with Gasteiger partial charge in [0.25, 0.3) is 0 Å². The zero-order valence-corrected chi connectivity index (χ0v) is 12.2. The van der Waals surface area contributed by atoms with E-state index in [-0.39, 0.29) is 23.0 Å². The third-order valence-electron chi connectivity index (χ3n) is 3.91.